The summed E-state index contributed by atoms with van der Waals surface area (Å²) in [7, 11) is 0. The Bertz CT molecular complexity index is 417. The van der Waals surface area contributed by atoms with E-state index in [0.717, 1.165) is 19.3 Å². The number of ether oxygens (including phenoxy) is 1. The molecule has 20 heavy (non-hydrogen) atoms. The Kier molecular flexibility index (Phi) is 3.46. The number of carboxylic acids is 1. The van der Waals surface area contributed by atoms with Gasteiger partial charge in [-0.1, -0.05) is 0 Å². The number of hydrogen-bond acceptors (Lipinski definition) is 4. The third-order valence-corrected chi connectivity index (χ3v) is 5.40. The van der Waals surface area contributed by atoms with Crippen LogP contribution in [0.15, 0.2) is 0 Å². The lowest BCUT2D eigenvalue weighted by atomic mass is 9.82. The van der Waals surface area contributed by atoms with Crippen LogP contribution in [-0.4, -0.2) is 41.8 Å². The fourth-order valence-corrected chi connectivity index (χ4v) is 4.16. The van der Waals surface area contributed by atoms with E-state index in [1.165, 1.54) is 0 Å². The van der Waals surface area contributed by atoms with Gasteiger partial charge in [0.05, 0.1) is 5.92 Å². The van der Waals surface area contributed by atoms with Crippen molar-refractivity contribution < 1.29 is 19.4 Å². The minimum atomic E-state index is -1.17. The molecule has 1 aliphatic heterocycles. The first-order chi connectivity index (χ1) is 9.53. The van der Waals surface area contributed by atoms with Crippen LogP contribution < -0.4 is 11.1 Å². The van der Waals surface area contributed by atoms with Gasteiger partial charge in [-0.25, -0.2) is 4.79 Å². The molecule has 1 heterocycles. The first-order valence-corrected chi connectivity index (χ1v) is 7.42. The van der Waals surface area contributed by atoms with Gasteiger partial charge in [-0.05, 0) is 31.1 Å². The number of nitrogens with one attached hydrogen (secondary N) is 1. The molecule has 3 fully saturated rings. The molecule has 6 nitrogen and oxygen atoms in total. The summed E-state index contributed by atoms with van der Waals surface area (Å²) in [5.74, 6) is -0.584. The van der Waals surface area contributed by atoms with Crippen LogP contribution in [0.3, 0.4) is 0 Å². The highest BCUT2D eigenvalue weighted by Crippen LogP contribution is 2.47. The third-order valence-electron chi connectivity index (χ3n) is 5.40. The van der Waals surface area contributed by atoms with Crippen LogP contribution in [-0.2, 0) is 14.3 Å². The van der Waals surface area contributed by atoms with Crippen molar-refractivity contribution in [2.75, 3.05) is 13.2 Å². The minimum Gasteiger partial charge on any atom is -0.480 e. The van der Waals surface area contributed by atoms with E-state index < -0.39 is 11.5 Å². The van der Waals surface area contributed by atoms with Gasteiger partial charge in [0.2, 0.25) is 5.91 Å². The lowest BCUT2D eigenvalue weighted by molar-refractivity contribution is -0.153. The van der Waals surface area contributed by atoms with Gasteiger partial charge in [-0.2, -0.15) is 0 Å². The van der Waals surface area contributed by atoms with Gasteiger partial charge in [0, 0.05) is 32.1 Å². The summed E-state index contributed by atoms with van der Waals surface area (Å²) >= 11 is 0. The Balaban J connectivity index is 1.72. The standard InChI is InChI=1S/C14H22N2O4/c15-11-9-2-1-8(7-9)10(11)12(17)16-14(13(18)19)3-5-20-6-4-14/h8-11H,1-7,15H2,(H,16,17)(H,18,19). The molecule has 4 atom stereocenters. The highest BCUT2D eigenvalue weighted by Gasteiger charge is 2.51. The van der Waals surface area contributed by atoms with Crippen molar-refractivity contribution in [2.45, 2.75) is 43.7 Å². The molecule has 2 saturated carbocycles. The Labute approximate surface area is 118 Å². The maximum Gasteiger partial charge on any atom is 0.329 e. The summed E-state index contributed by atoms with van der Waals surface area (Å²) in [6.07, 6.45) is 3.81. The molecule has 6 heteroatoms. The second kappa shape index (κ2) is 5.00. The fraction of sp³-hybridized carbons (Fsp3) is 0.857. The number of rotatable bonds is 3. The number of carboxylic acid groups (broad SMARTS) is 1. The first-order valence-electron chi connectivity index (χ1n) is 7.42. The Hall–Kier alpha value is -1.14. The van der Waals surface area contributed by atoms with E-state index in [9.17, 15) is 14.7 Å². The van der Waals surface area contributed by atoms with Crippen LogP contribution in [0.1, 0.15) is 32.1 Å². The zero-order valence-corrected chi connectivity index (χ0v) is 11.5. The van der Waals surface area contributed by atoms with Crippen molar-refractivity contribution in [3.8, 4) is 0 Å². The van der Waals surface area contributed by atoms with Crippen LogP contribution in [0.4, 0.5) is 0 Å². The summed E-state index contributed by atoms with van der Waals surface area (Å²) in [6.45, 7) is 0.741. The summed E-state index contributed by atoms with van der Waals surface area (Å²) in [5, 5.41) is 12.3. The van der Waals surface area contributed by atoms with E-state index in [2.05, 4.69) is 5.32 Å². The van der Waals surface area contributed by atoms with Gasteiger partial charge in [0.15, 0.2) is 0 Å². The van der Waals surface area contributed by atoms with Crippen molar-refractivity contribution >= 4 is 11.9 Å². The Morgan fingerprint density at radius 1 is 1.20 bits per heavy atom. The van der Waals surface area contributed by atoms with E-state index in [4.69, 9.17) is 10.5 Å². The normalized spacial score (nSPS) is 38.6. The molecule has 0 aromatic heterocycles. The quantitative estimate of drug-likeness (QED) is 0.682. The summed E-state index contributed by atoms with van der Waals surface area (Å²) in [5.41, 5.74) is 4.99. The number of fused-ring (bicyclic) bond motifs is 2. The van der Waals surface area contributed by atoms with Gasteiger partial charge in [-0.3, -0.25) is 4.79 Å². The molecular formula is C14H22N2O4. The molecule has 0 aromatic carbocycles. The van der Waals surface area contributed by atoms with E-state index in [0.29, 0.717) is 37.9 Å². The SMILES string of the molecule is NC1C2CCC(C2)C1C(=O)NC1(C(=O)O)CCOCC1. The van der Waals surface area contributed by atoms with Crippen molar-refractivity contribution in [1.29, 1.82) is 0 Å². The van der Waals surface area contributed by atoms with Crippen LogP contribution in [0, 0.1) is 17.8 Å². The Morgan fingerprint density at radius 2 is 1.85 bits per heavy atom. The van der Waals surface area contributed by atoms with Gasteiger partial charge < -0.3 is 20.9 Å². The average molecular weight is 282 g/mol. The zero-order valence-electron chi connectivity index (χ0n) is 11.5. The molecule has 2 aliphatic carbocycles. The molecule has 4 N–H and O–H groups in total. The molecule has 3 aliphatic rings. The maximum absolute atomic E-state index is 12.5. The van der Waals surface area contributed by atoms with Crippen LogP contribution in [0.25, 0.3) is 0 Å². The van der Waals surface area contributed by atoms with Crippen molar-refractivity contribution in [1.82, 2.24) is 5.32 Å². The number of carbonyl (C=O) groups is 2. The zero-order chi connectivity index (χ0) is 14.3. The number of aliphatic carboxylic acids is 1. The molecular weight excluding hydrogens is 260 g/mol. The maximum atomic E-state index is 12.5. The van der Waals surface area contributed by atoms with E-state index >= 15 is 0 Å². The number of carbonyl (C=O) groups excluding carboxylic acids is 1. The Morgan fingerprint density at radius 3 is 2.40 bits per heavy atom. The third kappa shape index (κ3) is 2.11. The topological polar surface area (TPSA) is 102 Å². The van der Waals surface area contributed by atoms with E-state index in [-0.39, 0.29) is 17.9 Å². The van der Waals surface area contributed by atoms with Crippen molar-refractivity contribution in [2.24, 2.45) is 23.5 Å². The fourth-order valence-electron chi connectivity index (χ4n) is 4.16. The van der Waals surface area contributed by atoms with Gasteiger partial charge in [0.25, 0.3) is 0 Å². The molecule has 0 spiro atoms. The van der Waals surface area contributed by atoms with Gasteiger partial charge in [-0.15, -0.1) is 0 Å². The molecule has 0 radical (unpaired) electrons. The molecule has 3 rings (SSSR count). The predicted octanol–water partition coefficient (Wildman–Crippen LogP) is 0.110. The molecule has 112 valence electrons. The monoisotopic (exact) mass is 282 g/mol. The van der Waals surface area contributed by atoms with E-state index in [1.54, 1.807) is 0 Å². The number of hydrogen-bond donors (Lipinski definition) is 3. The second-order valence-electron chi connectivity index (χ2n) is 6.43. The molecule has 4 unspecified atom stereocenters. The second-order valence-corrected chi connectivity index (χ2v) is 6.43. The first kappa shape index (κ1) is 13.8. The molecule has 2 bridgehead atoms. The molecule has 1 amide bonds. The highest BCUT2D eigenvalue weighted by molar-refractivity contribution is 5.89. The van der Waals surface area contributed by atoms with Gasteiger partial charge >= 0.3 is 5.97 Å². The summed E-state index contributed by atoms with van der Waals surface area (Å²) in [6, 6.07) is -0.112. The van der Waals surface area contributed by atoms with Crippen molar-refractivity contribution in [3.05, 3.63) is 0 Å². The predicted molar refractivity (Wildman–Crippen MR) is 70.9 cm³/mol. The molecule has 0 aromatic rings. The van der Waals surface area contributed by atoms with Crippen LogP contribution >= 0.6 is 0 Å². The smallest absolute Gasteiger partial charge is 0.329 e. The largest absolute Gasteiger partial charge is 0.480 e. The molecule has 1 saturated heterocycles. The number of nitrogens with two attached hydrogens (primary N) is 1. The minimum absolute atomic E-state index is 0.112. The van der Waals surface area contributed by atoms with E-state index in [1.807, 2.05) is 0 Å². The summed E-state index contributed by atoms with van der Waals surface area (Å²) in [4.78, 5) is 24.1. The van der Waals surface area contributed by atoms with Gasteiger partial charge in [0.1, 0.15) is 5.54 Å². The summed E-state index contributed by atoms with van der Waals surface area (Å²) < 4.78 is 5.21. The van der Waals surface area contributed by atoms with Crippen LogP contribution in [0.2, 0.25) is 0 Å². The van der Waals surface area contributed by atoms with Crippen LogP contribution in [0.5, 0.6) is 0 Å². The average Bonchev–Trinajstić information content (AvgIpc) is 3.00. The lowest BCUT2D eigenvalue weighted by Gasteiger charge is -2.36. The van der Waals surface area contributed by atoms with Crippen molar-refractivity contribution in [3.63, 3.8) is 0 Å². The lowest BCUT2D eigenvalue weighted by Crippen LogP contribution is -2.60. The highest BCUT2D eigenvalue weighted by atomic mass is 16.5. The number of amides is 1.